The normalized spacial score (nSPS) is 25.5. The molecule has 0 bridgehead atoms. The SMILES string of the molecule is Cc1ccc(S(=O)(=O)N2CC(C)CC(N)C2)c(Cl)c1. The lowest BCUT2D eigenvalue weighted by Crippen LogP contribution is -2.48. The zero-order chi connectivity index (χ0) is 14.2. The summed E-state index contributed by atoms with van der Waals surface area (Å²) in [5, 5.41) is 0.270. The number of sulfonamides is 1. The topological polar surface area (TPSA) is 63.4 Å². The van der Waals surface area contributed by atoms with Crippen molar-refractivity contribution in [2.24, 2.45) is 11.7 Å². The molecule has 1 aromatic rings. The van der Waals surface area contributed by atoms with Crippen LogP contribution in [0.15, 0.2) is 23.1 Å². The van der Waals surface area contributed by atoms with Crippen LogP contribution < -0.4 is 5.73 Å². The zero-order valence-corrected chi connectivity index (χ0v) is 12.7. The van der Waals surface area contributed by atoms with Gasteiger partial charge in [0.2, 0.25) is 10.0 Å². The van der Waals surface area contributed by atoms with Gasteiger partial charge in [-0.25, -0.2) is 8.42 Å². The van der Waals surface area contributed by atoms with Crippen molar-refractivity contribution < 1.29 is 8.42 Å². The van der Waals surface area contributed by atoms with Crippen LogP contribution >= 0.6 is 11.6 Å². The van der Waals surface area contributed by atoms with Crippen molar-refractivity contribution in [2.75, 3.05) is 13.1 Å². The molecule has 106 valence electrons. The van der Waals surface area contributed by atoms with Gasteiger partial charge >= 0.3 is 0 Å². The number of hydrogen-bond acceptors (Lipinski definition) is 3. The lowest BCUT2D eigenvalue weighted by Gasteiger charge is -2.34. The smallest absolute Gasteiger partial charge is 0.244 e. The maximum atomic E-state index is 12.6. The molecular formula is C13H19ClN2O2S. The quantitative estimate of drug-likeness (QED) is 0.909. The number of hydrogen-bond donors (Lipinski definition) is 1. The van der Waals surface area contributed by atoms with E-state index in [0.29, 0.717) is 13.1 Å². The summed E-state index contributed by atoms with van der Waals surface area (Å²) in [6, 6.07) is 4.88. The molecule has 2 N–H and O–H groups in total. The number of aryl methyl sites for hydroxylation is 1. The van der Waals surface area contributed by atoms with E-state index in [1.165, 1.54) is 4.31 Å². The third kappa shape index (κ3) is 3.11. The molecule has 0 amide bonds. The van der Waals surface area contributed by atoms with Crippen LogP contribution in [0.4, 0.5) is 0 Å². The van der Waals surface area contributed by atoms with Crippen LogP contribution in [0.2, 0.25) is 5.02 Å². The van der Waals surface area contributed by atoms with Crippen LogP contribution in [0.1, 0.15) is 18.9 Å². The van der Waals surface area contributed by atoms with E-state index in [4.69, 9.17) is 17.3 Å². The molecule has 1 aliphatic rings. The van der Waals surface area contributed by atoms with Gasteiger partial charge in [-0.3, -0.25) is 0 Å². The van der Waals surface area contributed by atoms with Gasteiger partial charge in [-0.05, 0) is 37.0 Å². The van der Waals surface area contributed by atoms with Crippen LogP contribution in [0.5, 0.6) is 0 Å². The van der Waals surface area contributed by atoms with E-state index < -0.39 is 10.0 Å². The van der Waals surface area contributed by atoms with Crippen molar-refractivity contribution in [3.63, 3.8) is 0 Å². The van der Waals surface area contributed by atoms with Crippen molar-refractivity contribution in [2.45, 2.75) is 31.2 Å². The summed E-state index contributed by atoms with van der Waals surface area (Å²) in [5.74, 6) is 0.266. The van der Waals surface area contributed by atoms with Crippen LogP contribution in [0, 0.1) is 12.8 Å². The largest absolute Gasteiger partial charge is 0.326 e. The van der Waals surface area contributed by atoms with E-state index in [9.17, 15) is 8.42 Å². The number of nitrogens with two attached hydrogens (primary N) is 1. The first-order chi connectivity index (χ1) is 8.80. The molecule has 4 nitrogen and oxygen atoms in total. The third-order valence-electron chi connectivity index (χ3n) is 3.36. The first-order valence-corrected chi connectivity index (χ1v) is 8.14. The number of rotatable bonds is 2. The Labute approximate surface area is 119 Å². The molecule has 1 heterocycles. The molecule has 2 rings (SSSR count). The summed E-state index contributed by atoms with van der Waals surface area (Å²) >= 11 is 6.07. The molecule has 6 heteroatoms. The van der Waals surface area contributed by atoms with E-state index in [2.05, 4.69) is 0 Å². The minimum absolute atomic E-state index is 0.109. The standard InChI is InChI=1S/C13H19ClN2O2S/c1-9-3-4-13(12(14)6-9)19(17,18)16-7-10(2)5-11(15)8-16/h3-4,6,10-11H,5,7-8,15H2,1-2H3. The van der Waals surface area contributed by atoms with Gasteiger partial charge in [-0.15, -0.1) is 0 Å². The molecule has 0 spiro atoms. The van der Waals surface area contributed by atoms with Gasteiger partial charge < -0.3 is 5.73 Å². The molecule has 2 unspecified atom stereocenters. The summed E-state index contributed by atoms with van der Waals surface area (Å²) in [7, 11) is -3.55. The summed E-state index contributed by atoms with van der Waals surface area (Å²) in [5.41, 5.74) is 6.85. The van der Waals surface area contributed by atoms with Gasteiger partial charge in [-0.2, -0.15) is 4.31 Å². The molecule has 0 saturated carbocycles. The molecule has 0 radical (unpaired) electrons. The van der Waals surface area contributed by atoms with Gasteiger partial charge in [0, 0.05) is 19.1 Å². The molecular weight excluding hydrogens is 284 g/mol. The molecule has 1 aromatic carbocycles. The fourth-order valence-electron chi connectivity index (χ4n) is 2.50. The number of nitrogens with zero attached hydrogens (tertiary/aromatic N) is 1. The van der Waals surface area contributed by atoms with Crippen LogP contribution in [0.3, 0.4) is 0 Å². The maximum Gasteiger partial charge on any atom is 0.244 e. The monoisotopic (exact) mass is 302 g/mol. The molecule has 19 heavy (non-hydrogen) atoms. The highest BCUT2D eigenvalue weighted by Gasteiger charge is 2.33. The van der Waals surface area contributed by atoms with Crippen molar-refractivity contribution in [1.29, 1.82) is 0 Å². The van der Waals surface area contributed by atoms with Crippen LogP contribution in [0.25, 0.3) is 0 Å². The fourth-order valence-corrected chi connectivity index (χ4v) is 4.69. The van der Waals surface area contributed by atoms with Crippen molar-refractivity contribution in [3.8, 4) is 0 Å². The van der Waals surface area contributed by atoms with Crippen molar-refractivity contribution >= 4 is 21.6 Å². The summed E-state index contributed by atoms with van der Waals surface area (Å²) in [4.78, 5) is 0.168. The lowest BCUT2D eigenvalue weighted by atomic mass is 9.99. The molecule has 2 atom stereocenters. The molecule has 0 aliphatic carbocycles. The Morgan fingerprint density at radius 3 is 2.63 bits per heavy atom. The van der Waals surface area contributed by atoms with E-state index in [1.807, 2.05) is 13.8 Å². The van der Waals surface area contributed by atoms with E-state index in [-0.39, 0.29) is 21.9 Å². The van der Waals surface area contributed by atoms with E-state index in [1.54, 1.807) is 18.2 Å². The first-order valence-electron chi connectivity index (χ1n) is 6.32. The van der Waals surface area contributed by atoms with E-state index >= 15 is 0 Å². The second kappa shape index (κ2) is 5.40. The highest BCUT2D eigenvalue weighted by molar-refractivity contribution is 7.89. The molecule has 1 fully saturated rings. The second-order valence-corrected chi connectivity index (χ2v) is 7.67. The Morgan fingerprint density at radius 1 is 1.37 bits per heavy atom. The van der Waals surface area contributed by atoms with Gasteiger partial charge in [0.25, 0.3) is 0 Å². The average Bonchev–Trinajstić information content (AvgIpc) is 2.26. The fraction of sp³-hybridized carbons (Fsp3) is 0.538. The van der Waals surface area contributed by atoms with Crippen molar-refractivity contribution in [1.82, 2.24) is 4.31 Å². The Bertz CT molecular complexity index is 564. The second-order valence-electron chi connectivity index (χ2n) is 5.36. The predicted molar refractivity (Wildman–Crippen MR) is 76.7 cm³/mol. The number of benzene rings is 1. The van der Waals surface area contributed by atoms with Crippen LogP contribution in [-0.4, -0.2) is 31.9 Å². The minimum Gasteiger partial charge on any atom is -0.326 e. The number of piperidine rings is 1. The summed E-state index contributed by atoms with van der Waals surface area (Å²) in [6.45, 7) is 4.75. The van der Waals surface area contributed by atoms with Gasteiger partial charge in [0.15, 0.2) is 0 Å². The van der Waals surface area contributed by atoms with E-state index in [0.717, 1.165) is 12.0 Å². The predicted octanol–water partition coefficient (Wildman–Crippen LogP) is 2.01. The summed E-state index contributed by atoms with van der Waals surface area (Å²) < 4.78 is 26.6. The van der Waals surface area contributed by atoms with Gasteiger partial charge in [-0.1, -0.05) is 24.6 Å². The average molecular weight is 303 g/mol. The van der Waals surface area contributed by atoms with Crippen LogP contribution in [-0.2, 0) is 10.0 Å². The Hall–Kier alpha value is -0.620. The molecule has 1 aliphatic heterocycles. The Morgan fingerprint density at radius 2 is 2.05 bits per heavy atom. The zero-order valence-electron chi connectivity index (χ0n) is 11.1. The highest BCUT2D eigenvalue weighted by atomic mass is 35.5. The summed E-state index contributed by atoms with van der Waals surface area (Å²) in [6.07, 6.45) is 0.855. The Balaban J connectivity index is 2.36. The Kier molecular flexibility index (Phi) is 4.20. The molecule has 0 aromatic heterocycles. The van der Waals surface area contributed by atoms with Gasteiger partial charge in [0.1, 0.15) is 4.90 Å². The maximum absolute atomic E-state index is 12.6. The van der Waals surface area contributed by atoms with Crippen molar-refractivity contribution in [3.05, 3.63) is 28.8 Å². The first kappa shape index (κ1) is 14.8. The molecule has 1 saturated heterocycles. The highest BCUT2D eigenvalue weighted by Crippen LogP contribution is 2.28. The minimum atomic E-state index is -3.55. The number of halogens is 1. The van der Waals surface area contributed by atoms with Gasteiger partial charge in [0.05, 0.1) is 5.02 Å². The lowest BCUT2D eigenvalue weighted by molar-refractivity contribution is 0.254. The third-order valence-corrected chi connectivity index (χ3v) is 5.68.